The number of hydrogen-bond donors (Lipinski definition) is 3. The highest BCUT2D eigenvalue weighted by Crippen LogP contribution is 2.17. The average Bonchev–Trinajstić information content (AvgIpc) is 2.78. The number of aliphatic hydroxyl groups excluding tert-OH is 1. The number of carbonyl (C=O) groups is 1. The van der Waals surface area contributed by atoms with Crippen LogP contribution in [0.4, 0.5) is 0 Å². The van der Waals surface area contributed by atoms with Crippen LogP contribution in [0, 0.1) is 12.8 Å². The van der Waals surface area contributed by atoms with Crippen molar-refractivity contribution in [3.8, 4) is 0 Å². The number of hydrogen-bond acceptors (Lipinski definition) is 3. The Morgan fingerprint density at radius 2 is 2.20 bits per heavy atom. The van der Waals surface area contributed by atoms with E-state index >= 15 is 0 Å². The number of aromatic nitrogens is 2. The molecule has 1 atom stereocenters. The van der Waals surface area contributed by atoms with Gasteiger partial charge < -0.3 is 10.4 Å². The molecule has 2 rings (SSSR count). The fourth-order valence-corrected chi connectivity index (χ4v) is 2.22. The van der Waals surface area contributed by atoms with E-state index in [1.165, 1.54) is 0 Å². The Morgan fingerprint density at radius 3 is 2.90 bits per heavy atom. The maximum atomic E-state index is 12.1. The van der Waals surface area contributed by atoms with Gasteiger partial charge in [-0.1, -0.05) is 25.5 Å². The maximum absolute atomic E-state index is 12.1. The van der Waals surface area contributed by atoms with Gasteiger partial charge in [0, 0.05) is 11.9 Å². The number of amides is 1. The second-order valence-corrected chi connectivity index (χ2v) is 5.61. The first-order valence-electron chi connectivity index (χ1n) is 6.88. The SMILES string of the molecule is Cc1ccc2[nH]nc(C(=O)NCC(O)CC(C)C)c2c1. The van der Waals surface area contributed by atoms with Gasteiger partial charge in [0.05, 0.1) is 11.6 Å². The van der Waals surface area contributed by atoms with Crippen LogP contribution in [0.5, 0.6) is 0 Å². The summed E-state index contributed by atoms with van der Waals surface area (Å²) in [7, 11) is 0. The van der Waals surface area contributed by atoms with E-state index in [9.17, 15) is 9.90 Å². The van der Waals surface area contributed by atoms with Crippen molar-refractivity contribution in [3.05, 3.63) is 29.5 Å². The Balaban J connectivity index is 2.06. The highest BCUT2D eigenvalue weighted by molar-refractivity contribution is 6.04. The first-order valence-corrected chi connectivity index (χ1v) is 6.88. The number of aliphatic hydroxyl groups is 1. The predicted octanol–water partition coefficient (Wildman–Crippen LogP) is 2.01. The third-order valence-corrected chi connectivity index (χ3v) is 3.18. The number of fused-ring (bicyclic) bond motifs is 1. The van der Waals surface area contributed by atoms with Crippen molar-refractivity contribution in [1.29, 1.82) is 0 Å². The fourth-order valence-electron chi connectivity index (χ4n) is 2.22. The Kier molecular flexibility index (Phi) is 4.39. The monoisotopic (exact) mass is 275 g/mol. The Hall–Kier alpha value is -1.88. The molecule has 0 aliphatic rings. The van der Waals surface area contributed by atoms with Crippen LogP contribution in [0.25, 0.3) is 10.9 Å². The topological polar surface area (TPSA) is 78.0 Å². The van der Waals surface area contributed by atoms with Crippen molar-refractivity contribution in [2.75, 3.05) is 6.54 Å². The molecule has 1 unspecified atom stereocenters. The van der Waals surface area contributed by atoms with E-state index in [1.54, 1.807) is 0 Å². The predicted molar refractivity (Wildman–Crippen MR) is 78.6 cm³/mol. The van der Waals surface area contributed by atoms with Gasteiger partial charge in [0.1, 0.15) is 0 Å². The lowest BCUT2D eigenvalue weighted by atomic mass is 10.1. The highest BCUT2D eigenvalue weighted by atomic mass is 16.3. The second-order valence-electron chi connectivity index (χ2n) is 5.61. The Bertz CT molecular complexity index is 604. The van der Waals surface area contributed by atoms with E-state index in [0.717, 1.165) is 16.5 Å². The summed E-state index contributed by atoms with van der Waals surface area (Å²) >= 11 is 0. The number of H-pyrrole nitrogens is 1. The van der Waals surface area contributed by atoms with Crippen molar-refractivity contribution in [2.45, 2.75) is 33.3 Å². The van der Waals surface area contributed by atoms with Gasteiger partial charge in [-0.3, -0.25) is 9.89 Å². The van der Waals surface area contributed by atoms with Gasteiger partial charge in [0.15, 0.2) is 5.69 Å². The molecule has 1 aromatic carbocycles. The molecule has 108 valence electrons. The van der Waals surface area contributed by atoms with Gasteiger partial charge in [0.2, 0.25) is 0 Å². The van der Waals surface area contributed by atoms with Crippen LogP contribution in [0.15, 0.2) is 18.2 Å². The number of aromatic amines is 1. The quantitative estimate of drug-likeness (QED) is 0.781. The molecule has 20 heavy (non-hydrogen) atoms. The maximum Gasteiger partial charge on any atom is 0.272 e. The summed E-state index contributed by atoms with van der Waals surface area (Å²) < 4.78 is 0. The summed E-state index contributed by atoms with van der Waals surface area (Å²) in [6, 6.07) is 5.80. The van der Waals surface area contributed by atoms with Crippen LogP contribution in [0.3, 0.4) is 0 Å². The third kappa shape index (κ3) is 3.36. The van der Waals surface area contributed by atoms with Crippen molar-refractivity contribution < 1.29 is 9.90 Å². The van der Waals surface area contributed by atoms with Crippen LogP contribution in [0.2, 0.25) is 0 Å². The zero-order valence-electron chi connectivity index (χ0n) is 12.1. The molecule has 0 radical (unpaired) electrons. The molecule has 0 fully saturated rings. The molecular formula is C15H21N3O2. The minimum Gasteiger partial charge on any atom is -0.391 e. The molecule has 5 nitrogen and oxygen atoms in total. The fraction of sp³-hybridized carbons (Fsp3) is 0.467. The molecule has 0 aliphatic heterocycles. The Morgan fingerprint density at radius 1 is 1.45 bits per heavy atom. The second kappa shape index (κ2) is 6.05. The number of carbonyl (C=O) groups excluding carboxylic acids is 1. The number of nitrogens with zero attached hydrogens (tertiary/aromatic N) is 1. The molecular weight excluding hydrogens is 254 g/mol. The zero-order valence-corrected chi connectivity index (χ0v) is 12.1. The number of aryl methyl sites for hydroxylation is 1. The summed E-state index contributed by atoms with van der Waals surface area (Å²) in [5.74, 6) is 0.139. The van der Waals surface area contributed by atoms with Crippen LogP contribution in [-0.4, -0.2) is 33.9 Å². The zero-order chi connectivity index (χ0) is 14.7. The normalized spacial score (nSPS) is 12.8. The minimum atomic E-state index is -0.522. The highest BCUT2D eigenvalue weighted by Gasteiger charge is 2.15. The third-order valence-electron chi connectivity index (χ3n) is 3.18. The molecule has 1 aromatic heterocycles. The standard InChI is InChI=1S/C15H21N3O2/c1-9(2)6-11(19)8-16-15(20)14-12-7-10(3)4-5-13(12)17-18-14/h4-5,7,9,11,19H,6,8H2,1-3H3,(H,16,20)(H,17,18). The number of rotatable bonds is 5. The number of nitrogens with one attached hydrogen (secondary N) is 2. The first-order chi connectivity index (χ1) is 9.47. The van der Waals surface area contributed by atoms with E-state index in [4.69, 9.17) is 0 Å². The Labute approximate surface area is 118 Å². The molecule has 0 saturated heterocycles. The largest absolute Gasteiger partial charge is 0.391 e. The summed E-state index contributed by atoms with van der Waals surface area (Å²) in [5, 5.41) is 20.2. The molecule has 1 heterocycles. The van der Waals surface area contributed by atoms with Crippen molar-refractivity contribution in [3.63, 3.8) is 0 Å². The lowest BCUT2D eigenvalue weighted by molar-refractivity contribution is 0.0897. The molecule has 1 amide bonds. The molecule has 3 N–H and O–H groups in total. The molecule has 2 aromatic rings. The van der Waals surface area contributed by atoms with Gasteiger partial charge in [-0.05, 0) is 31.4 Å². The van der Waals surface area contributed by atoms with Gasteiger partial charge in [-0.15, -0.1) is 0 Å². The summed E-state index contributed by atoms with van der Waals surface area (Å²) in [5.41, 5.74) is 2.29. The van der Waals surface area contributed by atoms with Crippen LogP contribution in [-0.2, 0) is 0 Å². The van der Waals surface area contributed by atoms with E-state index in [0.29, 0.717) is 18.0 Å². The summed E-state index contributed by atoms with van der Waals surface area (Å²) in [4.78, 5) is 12.1. The van der Waals surface area contributed by atoms with Crippen LogP contribution < -0.4 is 5.32 Å². The number of benzene rings is 1. The van der Waals surface area contributed by atoms with E-state index < -0.39 is 6.10 Å². The molecule has 0 spiro atoms. The van der Waals surface area contributed by atoms with E-state index in [-0.39, 0.29) is 12.5 Å². The lowest BCUT2D eigenvalue weighted by Crippen LogP contribution is -2.33. The smallest absolute Gasteiger partial charge is 0.272 e. The average molecular weight is 275 g/mol. The molecule has 5 heteroatoms. The molecule has 0 saturated carbocycles. The summed E-state index contributed by atoms with van der Waals surface area (Å²) in [6.07, 6.45) is 0.145. The van der Waals surface area contributed by atoms with Crippen LogP contribution >= 0.6 is 0 Å². The van der Waals surface area contributed by atoms with E-state index in [1.807, 2.05) is 39.0 Å². The van der Waals surface area contributed by atoms with Gasteiger partial charge >= 0.3 is 0 Å². The van der Waals surface area contributed by atoms with Gasteiger partial charge in [-0.2, -0.15) is 5.10 Å². The van der Waals surface area contributed by atoms with E-state index in [2.05, 4.69) is 15.5 Å². The van der Waals surface area contributed by atoms with Crippen molar-refractivity contribution in [1.82, 2.24) is 15.5 Å². The lowest BCUT2D eigenvalue weighted by Gasteiger charge is -2.13. The summed E-state index contributed by atoms with van der Waals surface area (Å²) in [6.45, 7) is 6.29. The molecule has 0 bridgehead atoms. The van der Waals surface area contributed by atoms with Gasteiger partial charge in [0.25, 0.3) is 5.91 Å². The van der Waals surface area contributed by atoms with Gasteiger partial charge in [-0.25, -0.2) is 0 Å². The minimum absolute atomic E-state index is 0.247. The van der Waals surface area contributed by atoms with Crippen molar-refractivity contribution in [2.24, 2.45) is 5.92 Å². The molecule has 0 aliphatic carbocycles. The van der Waals surface area contributed by atoms with Crippen LogP contribution in [0.1, 0.15) is 36.3 Å². The van der Waals surface area contributed by atoms with Crippen molar-refractivity contribution >= 4 is 16.8 Å². The first kappa shape index (κ1) is 14.5.